The van der Waals surface area contributed by atoms with Crippen LogP contribution in [0, 0.1) is 0 Å². The molecule has 0 bridgehead atoms. The van der Waals surface area contributed by atoms with Gasteiger partial charge in [0, 0.05) is 30.3 Å². The average Bonchev–Trinajstić information content (AvgIpc) is 3.09. The van der Waals surface area contributed by atoms with Gasteiger partial charge in [-0.05, 0) is 63.1 Å². The fourth-order valence-corrected chi connectivity index (χ4v) is 4.02. The summed E-state index contributed by atoms with van der Waals surface area (Å²) in [7, 11) is 0. The summed E-state index contributed by atoms with van der Waals surface area (Å²) in [4.78, 5) is 38.3. The molecular formula is C21H24N2O5. The monoisotopic (exact) mass is 384 g/mol. The van der Waals surface area contributed by atoms with Gasteiger partial charge in [-0.3, -0.25) is 14.5 Å². The zero-order chi connectivity index (χ0) is 20.6. The van der Waals surface area contributed by atoms with Crippen LogP contribution in [0.4, 0.5) is 10.5 Å². The Hall–Kier alpha value is -3.09. The molecule has 0 aliphatic carbocycles. The maximum absolute atomic E-state index is 12.3. The molecule has 148 valence electrons. The SMILES string of the molecule is CC(=O)N1c2ccc(-c3ccc(C=O)o3)cc2[C@H](N(C(=O)O)C(C)C)C[C@@H]1C. The summed E-state index contributed by atoms with van der Waals surface area (Å²) < 4.78 is 5.52. The molecule has 0 radical (unpaired) electrons. The van der Waals surface area contributed by atoms with Crippen molar-refractivity contribution in [3.05, 3.63) is 41.7 Å². The Labute approximate surface area is 163 Å². The van der Waals surface area contributed by atoms with Crippen LogP contribution < -0.4 is 4.90 Å². The lowest BCUT2D eigenvalue weighted by atomic mass is 9.88. The van der Waals surface area contributed by atoms with Gasteiger partial charge in [0.2, 0.25) is 5.91 Å². The molecule has 1 aromatic carbocycles. The van der Waals surface area contributed by atoms with Gasteiger partial charge in [0.1, 0.15) is 5.76 Å². The number of nitrogens with zero attached hydrogens (tertiary/aromatic N) is 2. The van der Waals surface area contributed by atoms with Gasteiger partial charge in [0.25, 0.3) is 0 Å². The molecule has 2 amide bonds. The van der Waals surface area contributed by atoms with E-state index in [-0.39, 0.29) is 23.8 Å². The highest BCUT2D eigenvalue weighted by molar-refractivity contribution is 5.94. The van der Waals surface area contributed by atoms with Gasteiger partial charge in [0.15, 0.2) is 12.0 Å². The number of furan rings is 1. The summed E-state index contributed by atoms with van der Waals surface area (Å²) in [6.45, 7) is 7.11. The minimum Gasteiger partial charge on any atom is -0.465 e. The van der Waals surface area contributed by atoms with Crippen LogP contribution in [0.1, 0.15) is 56.3 Å². The Morgan fingerprint density at radius 1 is 1.29 bits per heavy atom. The van der Waals surface area contributed by atoms with E-state index < -0.39 is 12.1 Å². The first kappa shape index (κ1) is 19.7. The number of amides is 2. The molecule has 28 heavy (non-hydrogen) atoms. The van der Waals surface area contributed by atoms with Crippen molar-refractivity contribution in [2.75, 3.05) is 4.90 Å². The maximum Gasteiger partial charge on any atom is 0.408 e. The summed E-state index contributed by atoms with van der Waals surface area (Å²) in [6, 6.07) is 8.03. The number of hydrogen-bond acceptors (Lipinski definition) is 4. The molecule has 1 aromatic heterocycles. The van der Waals surface area contributed by atoms with Gasteiger partial charge in [0.05, 0.1) is 6.04 Å². The lowest BCUT2D eigenvalue weighted by Crippen LogP contribution is -2.48. The predicted octanol–water partition coefficient (Wildman–Crippen LogP) is 4.33. The number of benzene rings is 1. The minimum absolute atomic E-state index is 0.0902. The van der Waals surface area contributed by atoms with Crippen molar-refractivity contribution in [3.63, 3.8) is 0 Å². The summed E-state index contributed by atoms with van der Waals surface area (Å²) in [6.07, 6.45) is 0.133. The Balaban J connectivity index is 2.17. The van der Waals surface area contributed by atoms with E-state index >= 15 is 0 Å². The first-order valence-electron chi connectivity index (χ1n) is 9.25. The van der Waals surface area contributed by atoms with Gasteiger partial charge in [-0.15, -0.1) is 0 Å². The molecule has 3 rings (SSSR count). The van der Waals surface area contributed by atoms with Crippen molar-refractivity contribution in [1.82, 2.24) is 4.90 Å². The van der Waals surface area contributed by atoms with Crippen LogP contribution in [-0.4, -0.2) is 40.4 Å². The Bertz CT molecular complexity index is 917. The number of aldehydes is 1. The van der Waals surface area contributed by atoms with Crippen LogP contribution in [0.3, 0.4) is 0 Å². The van der Waals surface area contributed by atoms with Crippen LogP contribution in [-0.2, 0) is 4.79 Å². The van der Waals surface area contributed by atoms with E-state index in [0.29, 0.717) is 24.2 Å². The van der Waals surface area contributed by atoms with E-state index in [4.69, 9.17) is 4.42 Å². The fourth-order valence-electron chi connectivity index (χ4n) is 4.02. The summed E-state index contributed by atoms with van der Waals surface area (Å²) in [5.41, 5.74) is 2.18. The summed E-state index contributed by atoms with van der Waals surface area (Å²) in [5, 5.41) is 9.79. The van der Waals surface area contributed by atoms with E-state index in [1.807, 2.05) is 39.0 Å². The van der Waals surface area contributed by atoms with E-state index in [1.54, 1.807) is 17.0 Å². The first-order chi connectivity index (χ1) is 13.2. The number of rotatable bonds is 4. The van der Waals surface area contributed by atoms with Crippen molar-refractivity contribution >= 4 is 24.0 Å². The largest absolute Gasteiger partial charge is 0.465 e. The van der Waals surface area contributed by atoms with Gasteiger partial charge >= 0.3 is 6.09 Å². The molecule has 2 heterocycles. The third-order valence-electron chi connectivity index (χ3n) is 5.13. The van der Waals surface area contributed by atoms with Gasteiger partial charge in [-0.25, -0.2) is 4.79 Å². The first-order valence-corrected chi connectivity index (χ1v) is 9.25. The van der Waals surface area contributed by atoms with E-state index in [0.717, 1.165) is 11.1 Å². The van der Waals surface area contributed by atoms with E-state index in [2.05, 4.69) is 0 Å². The van der Waals surface area contributed by atoms with Gasteiger partial charge < -0.3 is 14.4 Å². The van der Waals surface area contributed by atoms with Crippen molar-refractivity contribution in [1.29, 1.82) is 0 Å². The third-order valence-corrected chi connectivity index (χ3v) is 5.13. The highest BCUT2D eigenvalue weighted by atomic mass is 16.4. The fraction of sp³-hybridized carbons (Fsp3) is 0.381. The van der Waals surface area contributed by atoms with Crippen LogP contribution >= 0.6 is 0 Å². The lowest BCUT2D eigenvalue weighted by Gasteiger charge is -2.43. The number of carboxylic acid groups (broad SMARTS) is 1. The normalized spacial score (nSPS) is 18.7. The molecule has 2 aromatic rings. The van der Waals surface area contributed by atoms with E-state index in [1.165, 1.54) is 11.8 Å². The van der Waals surface area contributed by atoms with Gasteiger partial charge in [-0.2, -0.15) is 0 Å². The predicted molar refractivity (Wildman–Crippen MR) is 105 cm³/mol. The van der Waals surface area contributed by atoms with Crippen LogP contribution in [0.25, 0.3) is 11.3 Å². The molecule has 7 heteroatoms. The zero-order valence-corrected chi connectivity index (χ0v) is 16.4. The highest BCUT2D eigenvalue weighted by Crippen LogP contribution is 2.43. The van der Waals surface area contributed by atoms with Crippen molar-refractivity contribution < 1.29 is 23.9 Å². The Kier molecular flexibility index (Phi) is 5.27. The van der Waals surface area contributed by atoms with Crippen molar-refractivity contribution in [3.8, 4) is 11.3 Å². The molecule has 1 aliphatic heterocycles. The maximum atomic E-state index is 12.3. The molecule has 7 nitrogen and oxygen atoms in total. The molecule has 0 saturated carbocycles. The zero-order valence-electron chi connectivity index (χ0n) is 16.4. The molecule has 0 saturated heterocycles. The van der Waals surface area contributed by atoms with Crippen LogP contribution in [0.15, 0.2) is 34.7 Å². The number of hydrogen-bond donors (Lipinski definition) is 1. The summed E-state index contributed by atoms with van der Waals surface area (Å²) in [5.74, 6) is 0.647. The smallest absolute Gasteiger partial charge is 0.408 e. The molecular weight excluding hydrogens is 360 g/mol. The number of anilines is 1. The highest BCUT2D eigenvalue weighted by Gasteiger charge is 2.38. The van der Waals surface area contributed by atoms with Crippen molar-refractivity contribution in [2.24, 2.45) is 0 Å². The molecule has 1 N–H and O–H groups in total. The van der Waals surface area contributed by atoms with E-state index in [9.17, 15) is 19.5 Å². The molecule has 1 aliphatic rings. The minimum atomic E-state index is -0.999. The second-order valence-corrected chi connectivity index (χ2v) is 7.37. The van der Waals surface area contributed by atoms with Gasteiger partial charge in [-0.1, -0.05) is 0 Å². The average molecular weight is 384 g/mol. The Morgan fingerprint density at radius 2 is 2.00 bits per heavy atom. The number of carbonyl (C=O) groups excluding carboxylic acids is 2. The standard InChI is InChI=1S/C21H24N2O5/c1-12(2)22(21(26)27)19-9-13(3)23(14(4)25)18-7-5-15(10-17(18)19)20-8-6-16(11-24)28-20/h5-8,10-13,19H,9H2,1-4H3,(H,26,27)/t13-,19+/m0/s1. The quantitative estimate of drug-likeness (QED) is 0.792. The van der Waals surface area contributed by atoms with Crippen LogP contribution in [0.5, 0.6) is 0 Å². The van der Waals surface area contributed by atoms with Crippen molar-refractivity contribution in [2.45, 2.75) is 52.2 Å². The number of fused-ring (bicyclic) bond motifs is 1. The third kappa shape index (κ3) is 3.40. The summed E-state index contributed by atoms with van der Waals surface area (Å²) >= 11 is 0. The molecule has 0 spiro atoms. The second-order valence-electron chi connectivity index (χ2n) is 7.37. The lowest BCUT2D eigenvalue weighted by molar-refractivity contribution is -0.117. The molecule has 2 atom stereocenters. The molecule has 0 fully saturated rings. The van der Waals surface area contributed by atoms with Crippen LogP contribution in [0.2, 0.25) is 0 Å². The molecule has 0 unspecified atom stereocenters. The topological polar surface area (TPSA) is 91.1 Å². The number of carbonyl (C=O) groups is 3. The Morgan fingerprint density at radius 3 is 2.54 bits per heavy atom. The second kappa shape index (κ2) is 7.50.